The Kier molecular flexibility index (Phi) is 1.78. The Morgan fingerprint density at radius 2 is 2.29 bits per heavy atom. The topological polar surface area (TPSA) is 38.1 Å². The highest BCUT2D eigenvalue weighted by atomic mass is 35.5. The van der Waals surface area contributed by atoms with E-state index >= 15 is 0 Å². The lowest BCUT2D eigenvalue weighted by molar-refractivity contribution is 1.05. The van der Waals surface area contributed by atoms with Crippen molar-refractivity contribution in [3.8, 4) is 0 Å². The van der Waals surface area contributed by atoms with Crippen molar-refractivity contribution in [3.63, 3.8) is 0 Å². The van der Waals surface area contributed by atoms with Crippen molar-refractivity contribution in [3.05, 3.63) is 21.9 Å². The zero-order valence-electron chi connectivity index (χ0n) is 7.20. The Hall–Kier alpha value is -1.00. The average Bonchev–Trinajstić information content (AvgIpc) is 2.57. The summed E-state index contributed by atoms with van der Waals surface area (Å²) in [6.07, 6.45) is 4.29. The lowest BCUT2D eigenvalue weighted by Crippen LogP contribution is -1.96. The lowest BCUT2D eigenvalue weighted by Gasteiger charge is -2.03. The number of aliphatic imine (C=N–C) groups is 1. The SMILES string of the molecule is Clc1ncnc2sc3c(c12)CC=NC3. The van der Waals surface area contributed by atoms with Gasteiger partial charge in [-0.05, 0) is 5.56 Å². The predicted molar refractivity (Wildman–Crippen MR) is 58.3 cm³/mol. The Labute approximate surface area is 89.5 Å². The van der Waals surface area contributed by atoms with Crippen molar-refractivity contribution in [2.75, 3.05) is 0 Å². The van der Waals surface area contributed by atoms with Gasteiger partial charge in [0.05, 0.1) is 11.9 Å². The number of halogens is 1. The smallest absolute Gasteiger partial charge is 0.141 e. The Bertz CT molecular complexity index is 532. The summed E-state index contributed by atoms with van der Waals surface area (Å²) in [6, 6.07) is 0. The van der Waals surface area contributed by atoms with E-state index in [4.69, 9.17) is 11.6 Å². The van der Waals surface area contributed by atoms with Gasteiger partial charge in [-0.3, -0.25) is 4.99 Å². The first kappa shape index (κ1) is 8.32. The van der Waals surface area contributed by atoms with Gasteiger partial charge < -0.3 is 0 Å². The fourth-order valence-corrected chi connectivity index (χ4v) is 3.05. The van der Waals surface area contributed by atoms with E-state index < -0.39 is 0 Å². The fraction of sp³-hybridized carbons (Fsp3) is 0.222. The maximum absolute atomic E-state index is 6.05. The summed E-state index contributed by atoms with van der Waals surface area (Å²) in [5, 5.41) is 1.57. The van der Waals surface area contributed by atoms with Crippen molar-refractivity contribution >= 4 is 39.4 Å². The molecule has 0 radical (unpaired) electrons. The first-order valence-electron chi connectivity index (χ1n) is 4.25. The number of fused-ring (bicyclic) bond motifs is 3. The third kappa shape index (κ3) is 1.07. The highest BCUT2D eigenvalue weighted by Crippen LogP contribution is 2.35. The maximum Gasteiger partial charge on any atom is 0.141 e. The van der Waals surface area contributed by atoms with Crippen molar-refractivity contribution in [1.29, 1.82) is 0 Å². The normalized spacial score (nSPS) is 14.6. The third-order valence-electron chi connectivity index (χ3n) is 2.28. The van der Waals surface area contributed by atoms with E-state index in [1.807, 2.05) is 6.21 Å². The van der Waals surface area contributed by atoms with Crippen molar-refractivity contribution in [2.24, 2.45) is 4.99 Å². The zero-order valence-corrected chi connectivity index (χ0v) is 8.77. The third-order valence-corrected chi connectivity index (χ3v) is 3.70. The monoisotopic (exact) mass is 223 g/mol. The van der Waals surface area contributed by atoms with Crippen LogP contribution in [0.5, 0.6) is 0 Å². The first-order valence-corrected chi connectivity index (χ1v) is 5.45. The molecule has 0 aliphatic carbocycles. The number of nitrogens with zero attached hydrogens (tertiary/aromatic N) is 3. The molecule has 5 heteroatoms. The summed E-state index contributed by atoms with van der Waals surface area (Å²) in [5.41, 5.74) is 1.26. The van der Waals surface area contributed by atoms with Crippen LogP contribution in [-0.2, 0) is 13.0 Å². The molecule has 0 spiro atoms. The van der Waals surface area contributed by atoms with Gasteiger partial charge >= 0.3 is 0 Å². The fourth-order valence-electron chi connectivity index (χ4n) is 1.64. The lowest BCUT2D eigenvalue weighted by atomic mass is 10.1. The van der Waals surface area contributed by atoms with Crippen LogP contribution in [0.3, 0.4) is 0 Å². The molecule has 14 heavy (non-hydrogen) atoms. The molecule has 3 heterocycles. The number of aromatic nitrogens is 2. The maximum atomic E-state index is 6.05. The van der Waals surface area contributed by atoms with Gasteiger partial charge in [0.2, 0.25) is 0 Å². The van der Waals surface area contributed by atoms with E-state index in [1.165, 1.54) is 16.8 Å². The molecular formula is C9H6ClN3S. The zero-order chi connectivity index (χ0) is 9.54. The van der Waals surface area contributed by atoms with Gasteiger partial charge in [0.1, 0.15) is 16.3 Å². The molecule has 0 atom stereocenters. The van der Waals surface area contributed by atoms with E-state index in [2.05, 4.69) is 15.0 Å². The van der Waals surface area contributed by atoms with Crippen molar-refractivity contribution in [1.82, 2.24) is 9.97 Å². The Morgan fingerprint density at radius 1 is 1.36 bits per heavy atom. The molecule has 3 rings (SSSR count). The van der Waals surface area contributed by atoms with Crippen LogP contribution in [0.15, 0.2) is 11.3 Å². The van der Waals surface area contributed by atoms with E-state index in [0.717, 1.165) is 23.2 Å². The average molecular weight is 224 g/mol. The molecule has 0 bridgehead atoms. The van der Waals surface area contributed by atoms with Crippen LogP contribution in [0.2, 0.25) is 5.15 Å². The van der Waals surface area contributed by atoms with Gasteiger partial charge in [0, 0.05) is 17.5 Å². The molecule has 0 saturated carbocycles. The predicted octanol–water partition coefficient (Wildman–Crippen LogP) is 2.47. The molecule has 2 aromatic heterocycles. The second-order valence-electron chi connectivity index (χ2n) is 3.08. The van der Waals surface area contributed by atoms with Gasteiger partial charge in [-0.2, -0.15) is 0 Å². The number of thiophene rings is 1. The molecule has 3 nitrogen and oxygen atoms in total. The molecule has 0 aromatic carbocycles. The van der Waals surface area contributed by atoms with E-state index in [9.17, 15) is 0 Å². The minimum atomic E-state index is 0.558. The standard InChI is InChI=1S/C9H6ClN3S/c10-8-7-5-1-2-11-3-6(5)14-9(7)13-4-12-8/h2,4H,1,3H2. The molecule has 1 aliphatic heterocycles. The van der Waals surface area contributed by atoms with Crippen LogP contribution in [0.1, 0.15) is 10.4 Å². The number of rotatable bonds is 0. The summed E-state index contributed by atoms with van der Waals surface area (Å²) in [5.74, 6) is 0. The second-order valence-corrected chi connectivity index (χ2v) is 4.52. The molecule has 0 saturated heterocycles. The summed E-state index contributed by atoms with van der Waals surface area (Å²) in [7, 11) is 0. The molecule has 0 N–H and O–H groups in total. The summed E-state index contributed by atoms with van der Waals surface area (Å²) >= 11 is 7.71. The quantitative estimate of drug-likeness (QED) is 0.644. The Balaban J connectivity index is 2.40. The van der Waals surface area contributed by atoms with Crippen molar-refractivity contribution < 1.29 is 0 Å². The summed E-state index contributed by atoms with van der Waals surface area (Å²) in [6.45, 7) is 0.757. The molecule has 1 aliphatic rings. The van der Waals surface area contributed by atoms with Crippen LogP contribution in [0.4, 0.5) is 0 Å². The first-order chi connectivity index (χ1) is 6.86. The number of hydrogen-bond donors (Lipinski definition) is 0. The molecule has 0 fully saturated rings. The molecule has 2 aromatic rings. The summed E-state index contributed by atoms with van der Waals surface area (Å²) in [4.78, 5) is 14.7. The van der Waals surface area contributed by atoms with Gasteiger partial charge in [-0.1, -0.05) is 11.6 Å². The van der Waals surface area contributed by atoms with Gasteiger partial charge in [-0.15, -0.1) is 11.3 Å². The van der Waals surface area contributed by atoms with E-state index in [-0.39, 0.29) is 0 Å². The van der Waals surface area contributed by atoms with E-state index in [0.29, 0.717) is 5.15 Å². The van der Waals surface area contributed by atoms with Crippen LogP contribution in [0, 0.1) is 0 Å². The molecule has 70 valence electrons. The molecule has 0 amide bonds. The number of hydrogen-bond acceptors (Lipinski definition) is 4. The van der Waals surface area contributed by atoms with Gasteiger partial charge in [-0.25, -0.2) is 9.97 Å². The molecule has 0 unspecified atom stereocenters. The van der Waals surface area contributed by atoms with Gasteiger partial charge in [0.15, 0.2) is 0 Å². The van der Waals surface area contributed by atoms with Crippen LogP contribution < -0.4 is 0 Å². The largest absolute Gasteiger partial charge is 0.292 e. The van der Waals surface area contributed by atoms with Crippen LogP contribution in [-0.4, -0.2) is 16.2 Å². The second kappa shape index (κ2) is 3.00. The minimum absolute atomic E-state index is 0.558. The van der Waals surface area contributed by atoms with Gasteiger partial charge in [0.25, 0.3) is 0 Å². The van der Waals surface area contributed by atoms with Crippen molar-refractivity contribution in [2.45, 2.75) is 13.0 Å². The van der Waals surface area contributed by atoms with Crippen LogP contribution in [0.25, 0.3) is 10.2 Å². The van der Waals surface area contributed by atoms with Crippen LogP contribution >= 0.6 is 22.9 Å². The molecular weight excluding hydrogens is 218 g/mol. The highest BCUT2D eigenvalue weighted by Gasteiger charge is 2.16. The van der Waals surface area contributed by atoms with E-state index in [1.54, 1.807) is 11.3 Å². The highest BCUT2D eigenvalue weighted by molar-refractivity contribution is 7.19. The summed E-state index contributed by atoms with van der Waals surface area (Å²) < 4.78 is 0. The Morgan fingerprint density at radius 3 is 3.21 bits per heavy atom. The minimum Gasteiger partial charge on any atom is -0.292 e.